The lowest BCUT2D eigenvalue weighted by Crippen LogP contribution is -2.55. The van der Waals surface area contributed by atoms with E-state index in [1.807, 2.05) is 36.4 Å². The van der Waals surface area contributed by atoms with Gasteiger partial charge >= 0.3 is 5.97 Å². The van der Waals surface area contributed by atoms with E-state index in [0.29, 0.717) is 52.7 Å². The molecule has 0 unspecified atom stereocenters. The summed E-state index contributed by atoms with van der Waals surface area (Å²) in [5.41, 5.74) is 3.22. The summed E-state index contributed by atoms with van der Waals surface area (Å²) in [6, 6.07) is 18.6. The van der Waals surface area contributed by atoms with E-state index in [4.69, 9.17) is 19.6 Å². The second-order valence-corrected chi connectivity index (χ2v) is 12.3. The number of hydrogen-bond acceptors (Lipinski definition) is 6. The molecule has 2 saturated carbocycles. The van der Waals surface area contributed by atoms with E-state index in [1.54, 1.807) is 24.3 Å². The first-order valence-corrected chi connectivity index (χ1v) is 16.0. The molecule has 4 aromatic rings. The van der Waals surface area contributed by atoms with Crippen molar-refractivity contribution in [3.8, 4) is 22.9 Å². The Labute approximate surface area is 266 Å². The van der Waals surface area contributed by atoms with Crippen LogP contribution in [0.25, 0.3) is 28.5 Å². The Morgan fingerprint density at radius 2 is 1.72 bits per heavy atom. The van der Waals surface area contributed by atoms with Gasteiger partial charge in [-0.2, -0.15) is 0 Å². The van der Waals surface area contributed by atoms with E-state index < -0.39 is 11.5 Å². The first-order chi connectivity index (χ1) is 22.4. The first kappa shape index (κ1) is 29.6. The highest BCUT2D eigenvalue weighted by atomic mass is 16.7. The van der Waals surface area contributed by atoms with E-state index in [-0.39, 0.29) is 18.6 Å². The SMILES string of the molecule is O=C(O)/C=C/c1ccc(NC(=O)C2(NC(=O)c3ccc4c(c3)nc(-c3cccc5c3OCO5)n4C3CCCCC3)CCCC2)cc1. The predicted molar refractivity (Wildman–Crippen MR) is 174 cm³/mol. The van der Waals surface area contributed by atoms with Crippen LogP contribution in [-0.4, -0.2) is 44.8 Å². The first-order valence-electron chi connectivity index (χ1n) is 16.0. The molecule has 7 rings (SSSR count). The van der Waals surface area contributed by atoms with E-state index >= 15 is 0 Å². The number of carbonyl (C=O) groups is 3. The fourth-order valence-corrected chi connectivity index (χ4v) is 7.02. The molecule has 1 aliphatic heterocycles. The molecule has 10 nitrogen and oxygen atoms in total. The van der Waals surface area contributed by atoms with Crippen molar-refractivity contribution < 1.29 is 29.0 Å². The van der Waals surface area contributed by atoms with Crippen LogP contribution in [-0.2, 0) is 9.59 Å². The lowest BCUT2D eigenvalue weighted by atomic mass is 9.94. The fraction of sp³-hybridized carbons (Fsp3) is 0.333. The molecule has 0 radical (unpaired) electrons. The number of nitrogens with zero attached hydrogens (tertiary/aromatic N) is 2. The van der Waals surface area contributed by atoms with E-state index in [1.165, 1.54) is 12.5 Å². The Balaban J connectivity index is 1.16. The van der Waals surface area contributed by atoms with Crippen LogP contribution in [0.3, 0.4) is 0 Å². The molecule has 0 bridgehead atoms. The molecule has 1 aromatic heterocycles. The van der Waals surface area contributed by atoms with E-state index in [9.17, 15) is 14.4 Å². The molecule has 2 amide bonds. The predicted octanol–water partition coefficient (Wildman–Crippen LogP) is 6.72. The Hall–Kier alpha value is -5.12. The number of amides is 2. The summed E-state index contributed by atoms with van der Waals surface area (Å²) < 4.78 is 13.8. The van der Waals surface area contributed by atoms with Crippen LogP contribution in [0.5, 0.6) is 11.5 Å². The van der Waals surface area contributed by atoms with Gasteiger partial charge in [-0.05, 0) is 79.8 Å². The highest BCUT2D eigenvalue weighted by Gasteiger charge is 2.42. The van der Waals surface area contributed by atoms with Gasteiger partial charge < -0.3 is 29.8 Å². The van der Waals surface area contributed by atoms with Crippen molar-refractivity contribution in [1.29, 1.82) is 0 Å². The van der Waals surface area contributed by atoms with Crippen molar-refractivity contribution >= 4 is 40.6 Å². The van der Waals surface area contributed by atoms with Gasteiger partial charge in [-0.3, -0.25) is 9.59 Å². The number of fused-ring (bicyclic) bond motifs is 2. The van der Waals surface area contributed by atoms with Crippen LogP contribution in [0.4, 0.5) is 5.69 Å². The van der Waals surface area contributed by atoms with Gasteiger partial charge in [0.1, 0.15) is 11.4 Å². The number of aromatic nitrogens is 2. The summed E-state index contributed by atoms with van der Waals surface area (Å²) in [5.74, 6) is 0.575. The molecule has 236 valence electrons. The molecule has 10 heteroatoms. The number of hydrogen-bond donors (Lipinski definition) is 3. The number of imidazole rings is 1. The molecular formula is C36H36N4O6. The average molecular weight is 621 g/mol. The fourth-order valence-electron chi connectivity index (χ4n) is 7.02. The minimum Gasteiger partial charge on any atom is -0.478 e. The molecule has 2 aliphatic carbocycles. The minimum absolute atomic E-state index is 0.172. The normalized spacial score (nSPS) is 17.4. The number of nitrogens with one attached hydrogen (secondary N) is 2. The zero-order valence-electron chi connectivity index (χ0n) is 25.5. The van der Waals surface area contributed by atoms with Gasteiger partial charge in [-0.25, -0.2) is 9.78 Å². The molecule has 0 atom stereocenters. The summed E-state index contributed by atoms with van der Waals surface area (Å²) in [4.78, 5) is 43.3. The molecular weight excluding hydrogens is 584 g/mol. The highest BCUT2D eigenvalue weighted by molar-refractivity contribution is 6.05. The highest BCUT2D eigenvalue weighted by Crippen LogP contribution is 2.44. The quantitative estimate of drug-likeness (QED) is 0.186. The summed E-state index contributed by atoms with van der Waals surface area (Å²) in [6.45, 7) is 0.172. The Bertz CT molecular complexity index is 1830. The van der Waals surface area contributed by atoms with Crippen molar-refractivity contribution in [2.75, 3.05) is 12.1 Å². The number of benzene rings is 3. The Morgan fingerprint density at radius 3 is 2.48 bits per heavy atom. The third kappa shape index (κ3) is 5.71. The second-order valence-electron chi connectivity index (χ2n) is 12.3. The number of carboxylic acid groups (broad SMARTS) is 1. The molecule has 3 N–H and O–H groups in total. The zero-order valence-corrected chi connectivity index (χ0v) is 25.5. The van der Waals surface area contributed by atoms with Crippen LogP contribution in [0, 0.1) is 0 Å². The van der Waals surface area contributed by atoms with Gasteiger partial charge in [0.2, 0.25) is 12.7 Å². The number of rotatable bonds is 8. The van der Waals surface area contributed by atoms with Gasteiger partial charge in [0.15, 0.2) is 11.5 Å². The number of aliphatic carboxylic acids is 1. The summed E-state index contributed by atoms with van der Waals surface area (Å²) >= 11 is 0. The number of ether oxygens (including phenoxy) is 2. The number of carboxylic acids is 1. The standard InChI is InChI=1S/C36H36N4O6/c41-31(42)18-13-23-11-15-25(16-12-23)37-35(44)36(19-4-5-20-36)39-34(43)24-14-17-29-28(21-24)38-33(40(29)26-7-2-1-3-8-26)27-9-6-10-30-32(27)46-22-45-30/h6,9-18,21,26H,1-5,7-8,19-20,22H2,(H,37,44)(H,39,43)(H,41,42)/b18-13+. The van der Waals surface area contributed by atoms with Crippen LogP contribution in [0.15, 0.2) is 66.7 Å². The van der Waals surface area contributed by atoms with Crippen LogP contribution >= 0.6 is 0 Å². The lowest BCUT2D eigenvalue weighted by molar-refractivity contribution is -0.131. The summed E-state index contributed by atoms with van der Waals surface area (Å²) in [5, 5.41) is 14.9. The van der Waals surface area contributed by atoms with Gasteiger partial charge in [0, 0.05) is 23.4 Å². The second kappa shape index (κ2) is 12.3. The zero-order chi connectivity index (χ0) is 31.7. The Morgan fingerprint density at radius 1 is 0.935 bits per heavy atom. The maximum absolute atomic E-state index is 13.8. The molecule has 3 aliphatic rings. The van der Waals surface area contributed by atoms with Crippen molar-refractivity contribution in [3.63, 3.8) is 0 Å². The van der Waals surface area contributed by atoms with E-state index in [2.05, 4.69) is 15.2 Å². The average Bonchev–Trinajstić information content (AvgIpc) is 3.83. The Kier molecular flexibility index (Phi) is 7.94. The minimum atomic E-state index is -1.04. The third-order valence-corrected chi connectivity index (χ3v) is 9.36. The number of para-hydroxylation sites is 1. The van der Waals surface area contributed by atoms with Gasteiger partial charge in [0.25, 0.3) is 5.91 Å². The van der Waals surface area contributed by atoms with Crippen molar-refractivity contribution in [3.05, 3.63) is 77.9 Å². The lowest BCUT2D eigenvalue weighted by Gasteiger charge is -2.29. The van der Waals surface area contributed by atoms with E-state index in [0.717, 1.165) is 61.5 Å². The van der Waals surface area contributed by atoms with Crippen LogP contribution in [0.1, 0.15) is 79.8 Å². The molecule has 0 spiro atoms. The smallest absolute Gasteiger partial charge is 0.328 e. The maximum atomic E-state index is 13.8. The summed E-state index contributed by atoms with van der Waals surface area (Å²) in [6.07, 6.45) is 10.9. The molecule has 3 aromatic carbocycles. The van der Waals surface area contributed by atoms with Gasteiger partial charge in [-0.15, -0.1) is 0 Å². The summed E-state index contributed by atoms with van der Waals surface area (Å²) in [7, 11) is 0. The molecule has 0 saturated heterocycles. The molecule has 2 fully saturated rings. The largest absolute Gasteiger partial charge is 0.478 e. The van der Waals surface area contributed by atoms with Crippen LogP contribution in [0.2, 0.25) is 0 Å². The van der Waals surface area contributed by atoms with Crippen LogP contribution < -0.4 is 20.1 Å². The monoisotopic (exact) mass is 620 g/mol. The topological polar surface area (TPSA) is 132 Å². The van der Waals surface area contributed by atoms with Crippen molar-refractivity contribution in [2.24, 2.45) is 0 Å². The molecule has 2 heterocycles. The van der Waals surface area contributed by atoms with Crippen molar-refractivity contribution in [2.45, 2.75) is 69.4 Å². The van der Waals surface area contributed by atoms with Crippen molar-refractivity contribution in [1.82, 2.24) is 14.9 Å². The number of carbonyl (C=O) groups excluding carboxylic acids is 2. The third-order valence-electron chi connectivity index (χ3n) is 9.36. The maximum Gasteiger partial charge on any atom is 0.328 e. The van der Waals surface area contributed by atoms with Gasteiger partial charge in [-0.1, -0.05) is 50.3 Å². The number of anilines is 1. The molecule has 46 heavy (non-hydrogen) atoms. The van der Waals surface area contributed by atoms with Gasteiger partial charge in [0.05, 0.1) is 16.6 Å².